The summed E-state index contributed by atoms with van der Waals surface area (Å²) in [6.07, 6.45) is 3.80. The van der Waals surface area contributed by atoms with Gasteiger partial charge in [0.25, 0.3) is 0 Å². The third-order valence-corrected chi connectivity index (χ3v) is 8.24. The number of hydrogen-bond acceptors (Lipinski definition) is 8. The van der Waals surface area contributed by atoms with Crippen LogP contribution in [-0.4, -0.2) is 34.9 Å². The van der Waals surface area contributed by atoms with Crippen molar-refractivity contribution in [3.63, 3.8) is 0 Å². The molecular weight excluding hydrogens is 452 g/mol. The van der Waals surface area contributed by atoms with Crippen LogP contribution in [0.25, 0.3) is 0 Å². The molecule has 0 saturated heterocycles. The first-order valence-corrected chi connectivity index (χ1v) is 12.5. The predicted molar refractivity (Wildman–Crippen MR) is 125 cm³/mol. The molecule has 0 atom stereocenters. The number of amides is 2. The van der Waals surface area contributed by atoms with E-state index in [0.29, 0.717) is 20.9 Å². The van der Waals surface area contributed by atoms with E-state index in [1.807, 2.05) is 29.6 Å². The van der Waals surface area contributed by atoms with Crippen LogP contribution >= 0.6 is 34.4 Å². The molecule has 162 valence electrons. The van der Waals surface area contributed by atoms with Crippen molar-refractivity contribution in [2.45, 2.75) is 35.4 Å². The Balaban J connectivity index is 1.33. The van der Waals surface area contributed by atoms with Crippen molar-refractivity contribution in [2.24, 2.45) is 0 Å². The molecule has 31 heavy (non-hydrogen) atoms. The van der Waals surface area contributed by atoms with E-state index in [1.165, 1.54) is 23.1 Å². The fourth-order valence-electron chi connectivity index (χ4n) is 3.68. The van der Waals surface area contributed by atoms with E-state index in [0.717, 1.165) is 30.6 Å². The summed E-state index contributed by atoms with van der Waals surface area (Å²) < 4.78 is 5.79. The summed E-state index contributed by atoms with van der Waals surface area (Å²) in [6.45, 7) is 0. The van der Waals surface area contributed by atoms with E-state index in [-0.39, 0.29) is 17.6 Å². The van der Waals surface area contributed by atoms with Gasteiger partial charge in [-0.2, -0.15) is 0 Å². The van der Waals surface area contributed by atoms with Crippen LogP contribution in [0.4, 0.5) is 10.8 Å². The number of carbonyl (C=O) groups excluding carboxylic acids is 2. The summed E-state index contributed by atoms with van der Waals surface area (Å²) >= 11 is 4.20. The van der Waals surface area contributed by atoms with Gasteiger partial charge in [0.15, 0.2) is 4.34 Å². The first-order chi connectivity index (χ1) is 15.1. The molecule has 1 aliphatic rings. The van der Waals surface area contributed by atoms with Gasteiger partial charge in [-0.3, -0.25) is 14.9 Å². The lowest BCUT2D eigenvalue weighted by Gasteiger charge is -2.25. The minimum atomic E-state index is -0.468. The molecule has 0 unspecified atom stereocenters. The SMILES string of the molecule is COc1cccc(NC(=O)CSc2nnc(NC(=O)C3(c4cccs4)CCCC3)s2)c1. The van der Waals surface area contributed by atoms with Gasteiger partial charge < -0.3 is 10.1 Å². The Bertz CT molecular complexity index is 1050. The normalized spacial score (nSPS) is 14.9. The number of rotatable bonds is 8. The average molecular weight is 475 g/mol. The van der Waals surface area contributed by atoms with Crippen LogP contribution in [0, 0.1) is 0 Å². The Morgan fingerprint density at radius 3 is 2.74 bits per heavy atom. The molecule has 3 aromatic rings. The highest BCUT2D eigenvalue weighted by molar-refractivity contribution is 8.01. The van der Waals surface area contributed by atoms with Crippen LogP contribution in [0.5, 0.6) is 5.75 Å². The van der Waals surface area contributed by atoms with Crippen LogP contribution in [0.1, 0.15) is 30.6 Å². The highest BCUT2D eigenvalue weighted by Crippen LogP contribution is 2.44. The van der Waals surface area contributed by atoms with E-state index in [2.05, 4.69) is 20.8 Å². The van der Waals surface area contributed by atoms with Crippen molar-refractivity contribution in [2.75, 3.05) is 23.5 Å². The van der Waals surface area contributed by atoms with Gasteiger partial charge in [-0.25, -0.2) is 0 Å². The van der Waals surface area contributed by atoms with Crippen molar-refractivity contribution < 1.29 is 14.3 Å². The molecule has 2 heterocycles. The second-order valence-corrected chi connectivity index (χ2v) is 10.3. The molecule has 10 heteroatoms. The van der Waals surface area contributed by atoms with Crippen molar-refractivity contribution in [1.29, 1.82) is 0 Å². The van der Waals surface area contributed by atoms with Gasteiger partial charge in [0, 0.05) is 16.6 Å². The van der Waals surface area contributed by atoms with Gasteiger partial charge in [0.05, 0.1) is 18.3 Å². The molecule has 1 saturated carbocycles. The van der Waals surface area contributed by atoms with E-state index in [9.17, 15) is 9.59 Å². The monoisotopic (exact) mass is 474 g/mol. The molecule has 4 rings (SSSR count). The first-order valence-electron chi connectivity index (χ1n) is 9.85. The standard InChI is InChI=1S/C21H22N4O3S3/c1-28-15-7-4-6-14(12-15)22-17(26)13-30-20-25-24-19(31-20)23-18(27)21(9-2-3-10-21)16-8-5-11-29-16/h4-8,11-12H,2-3,9-10,13H2,1H3,(H,22,26)(H,23,24,27). The summed E-state index contributed by atoms with van der Waals surface area (Å²) in [4.78, 5) is 26.5. The fraction of sp³-hybridized carbons (Fsp3) is 0.333. The van der Waals surface area contributed by atoms with Crippen LogP contribution in [0.3, 0.4) is 0 Å². The van der Waals surface area contributed by atoms with Crippen LogP contribution < -0.4 is 15.4 Å². The molecule has 2 N–H and O–H groups in total. The molecule has 0 spiro atoms. The van der Waals surface area contributed by atoms with Gasteiger partial charge in [0.2, 0.25) is 16.9 Å². The average Bonchev–Trinajstić information content (AvgIpc) is 3.54. The highest BCUT2D eigenvalue weighted by Gasteiger charge is 2.43. The number of thiophene rings is 1. The maximum absolute atomic E-state index is 13.1. The summed E-state index contributed by atoms with van der Waals surface area (Å²) in [7, 11) is 1.58. The Kier molecular flexibility index (Phi) is 6.89. The summed E-state index contributed by atoms with van der Waals surface area (Å²) in [5, 5.41) is 16.5. The zero-order valence-corrected chi connectivity index (χ0v) is 19.4. The number of benzene rings is 1. The summed E-state index contributed by atoms with van der Waals surface area (Å²) in [5.41, 5.74) is 0.203. The van der Waals surface area contributed by atoms with E-state index >= 15 is 0 Å². The molecule has 1 aliphatic carbocycles. The number of hydrogen-bond donors (Lipinski definition) is 2. The summed E-state index contributed by atoms with van der Waals surface area (Å²) in [5.74, 6) is 0.703. The van der Waals surface area contributed by atoms with Crippen LogP contribution in [-0.2, 0) is 15.0 Å². The molecule has 0 aliphatic heterocycles. The largest absolute Gasteiger partial charge is 0.497 e. The van der Waals surface area contributed by atoms with Crippen molar-refractivity contribution in [1.82, 2.24) is 10.2 Å². The number of carbonyl (C=O) groups is 2. The van der Waals surface area contributed by atoms with Gasteiger partial charge in [-0.1, -0.05) is 48.1 Å². The number of nitrogens with zero attached hydrogens (tertiary/aromatic N) is 2. The smallest absolute Gasteiger partial charge is 0.237 e. The number of nitrogens with one attached hydrogen (secondary N) is 2. The highest BCUT2D eigenvalue weighted by atomic mass is 32.2. The second kappa shape index (κ2) is 9.80. The Hall–Kier alpha value is -2.43. The maximum Gasteiger partial charge on any atom is 0.237 e. The molecule has 1 aromatic carbocycles. The van der Waals surface area contributed by atoms with E-state index < -0.39 is 5.41 Å². The Morgan fingerprint density at radius 1 is 1.16 bits per heavy atom. The van der Waals surface area contributed by atoms with Gasteiger partial charge in [-0.15, -0.1) is 21.5 Å². The molecule has 2 amide bonds. The van der Waals surface area contributed by atoms with Crippen molar-refractivity contribution >= 4 is 57.1 Å². The predicted octanol–water partition coefficient (Wildman–Crippen LogP) is 4.79. The van der Waals surface area contributed by atoms with Crippen LogP contribution in [0.15, 0.2) is 46.1 Å². The number of thioether (sulfide) groups is 1. The quantitative estimate of drug-likeness (QED) is 0.360. The lowest BCUT2D eigenvalue weighted by molar-refractivity contribution is -0.121. The molecule has 7 nitrogen and oxygen atoms in total. The first kappa shape index (κ1) is 21.8. The molecule has 0 bridgehead atoms. The number of aromatic nitrogens is 2. The minimum Gasteiger partial charge on any atom is -0.497 e. The van der Waals surface area contributed by atoms with Gasteiger partial charge in [0.1, 0.15) is 5.75 Å². The summed E-state index contributed by atoms with van der Waals surface area (Å²) in [6, 6.07) is 11.2. The number of methoxy groups -OCH3 is 1. The Labute approximate surface area is 192 Å². The van der Waals surface area contributed by atoms with Crippen molar-refractivity contribution in [3.8, 4) is 5.75 Å². The Morgan fingerprint density at radius 2 is 2.00 bits per heavy atom. The van der Waals surface area contributed by atoms with Crippen molar-refractivity contribution in [3.05, 3.63) is 46.7 Å². The topological polar surface area (TPSA) is 93.2 Å². The van der Waals surface area contributed by atoms with E-state index in [4.69, 9.17) is 4.74 Å². The number of ether oxygens (including phenoxy) is 1. The molecule has 1 fully saturated rings. The van der Waals surface area contributed by atoms with E-state index in [1.54, 1.807) is 30.6 Å². The lowest BCUT2D eigenvalue weighted by atomic mass is 9.83. The zero-order valence-electron chi connectivity index (χ0n) is 16.9. The minimum absolute atomic E-state index is 0.0177. The lowest BCUT2D eigenvalue weighted by Crippen LogP contribution is -2.37. The van der Waals surface area contributed by atoms with Gasteiger partial charge >= 0.3 is 0 Å². The molecular formula is C21H22N4O3S3. The third kappa shape index (κ3) is 5.08. The zero-order chi connectivity index (χ0) is 21.7. The molecule has 2 aromatic heterocycles. The van der Waals surface area contributed by atoms with Crippen LogP contribution in [0.2, 0.25) is 0 Å². The third-order valence-electron chi connectivity index (χ3n) is 5.19. The maximum atomic E-state index is 13.1. The second-order valence-electron chi connectivity index (χ2n) is 7.16. The fourth-order valence-corrected chi connectivity index (χ4v) is 6.21. The molecule has 0 radical (unpaired) electrons. The van der Waals surface area contributed by atoms with Gasteiger partial charge in [-0.05, 0) is 36.4 Å². The number of anilines is 2.